The summed E-state index contributed by atoms with van der Waals surface area (Å²) in [7, 11) is 0. The molecule has 4 heteroatoms. The van der Waals surface area contributed by atoms with Crippen molar-refractivity contribution in [3.8, 4) is 0 Å². The quantitative estimate of drug-likeness (QED) is 0.830. The lowest BCUT2D eigenvalue weighted by Gasteiger charge is -2.46. The Morgan fingerprint density at radius 1 is 1.28 bits per heavy atom. The number of nitrogens with zero attached hydrogens (tertiary/aromatic N) is 1. The van der Waals surface area contributed by atoms with Crippen LogP contribution in [0.25, 0.3) is 0 Å². The lowest BCUT2D eigenvalue weighted by molar-refractivity contribution is -0.157. The molecule has 18 heavy (non-hydrogen) atoms. The van der Waals surface area contributed by atoms with E-state index in [9.17, 15) is 9.59 Å². The molecule has 2 amide bonds. The van der Waals surface area contributed by atoms with Gasteiger partial charge in [0.05, 0.1) is 0 Å². The molecule has 1 saturated heterocycles. The Balaban J connectivity index is 2.25. The molecule has 1 heterocycles. The van der Waals surface area contributed by atoms with Gasteiger partial charge in [0.2, 0.25) is 11.8 Å². The number of amides is 2. The van der Waals surface area contributed by atoms with Crippen molar-refractivity contribution in [1.82, 2.24) is 10.2 Å². The van der Waals surface area contributed by atoms with Crippen LogP contribution >= 0.6 is 0 Å². The fourth-order valence-corrected chi connectivity index (χ4v) is 3.25. The summed E-state index contributed by atoms with van der Waals surface area (Å²) in [5, 5.41) is 2.92. The zero-order valence-corrected chi connectivity index (χ0v) is 11.5. The maximum atomic E-state index is 12.5. The number of piperazine rings is 1. The van der Waals surface area contributed by atoms with E-state index in [0.717, 1.165) is 45.1 Å². The Hall–Kier alpha value is -1.06. The fourth-order valence-electron chi connectivity index (χ4n) is 3.25. The van der Waals surface area contributed by atoms with Gasteiger partial charge in [0.15, 0.2) is 0 Å². The van der Waals surface area contributed by atoms with Crippen molar-refractivity contribution in [2.45, 2.75) is 70.4 Å². The van der Waals surface area contributed by atoms with Crippen molar-refractivity contribution in [3.63, 3.8) is 0 Å². The largest absolute Gasteiger partial charge is 0.342 e. The molecule has 1 N–H and O–H groups in total. The average molecular weight is 252 g/mol. The van der Waals surface area contributed by atoms with Gasteiger partial charge in [-0.05, 0) is 25.7 Å². The maximum absolute atomic E-state index is 12.5. The van der Waals surface area contributed by atoms with E-state index in [1.807, 2.05) is 11.8 Å². The van der Waals surface area contributed by atoms with Crippen molar-refractivity contribution in [2.75, 3.05) is 6.54 Å². The SMILES string of the molecule is CCCCN1C(=O)C(CC)NC(=O)C12CCCC2. The highest BCUT2D eigenvalue weighted by atomic mass is 16.2. The molecule has 0 radical (unpaired) electrons. The van der Waals surface area contributed by atoms with Crippen LogP contribution < -0.4 is 5.32 Å². The first kappa shape index (κ1) is 13.4. The third-order valence-corrected chi connectivity index (χ3v) is 4.38. The topological polar surface area (TPSA) is 49.4 Å². The Bertz CT molecular complexity index is 335. The zero-order chi connectivity index (χ0) is 13.2. The predicted molar refractivity (Wildman–Crippen MR) is 70.0 cm³/mol. The van der Waals surface area contributed by atoms with Crippen molar-refractivity contribution in [3.05, 3.63) is 0 Å². The standard InChI is InChI=1S/C14H24N2O2/c1-3-5-10-16-12(17)11(4-2)15-13(18)14(16)8-6-7-9-14/h11H,3-10H2,1-2H3,(H,15,18). The molecule has 2 aliphatic rings. The monoisotopic (exact) mass is 252 g/mol. The van der Waals surface area contributed by atoms with Gasteiger partial charge < -0.3 is 10.2 Å². The van der Waals surface area contributed by atoms with Gasteiger partial charge >= 0.3 is 0 Å². The summed E-state index contributed by atoms with van der Waals surface area (Å²) >= 11 is 0. The molecular formula is C14H24N2O2. The summed E-state index contributed by atoms with van der Waals surface area (Å²) < 4.78 is 0. The highest BCUT2D eigenvalue weighted by Crippen LogP contribution is 2.38. The molecule has 1 aliphatic carbocycles. The lowest BCUT2D eigenvalue weighted by atomic mass is 9.88. The molecule has 0 aromatic rings. The Morgan fingerprint density at radius 3 is 2.50 bits per heavy atom. The van der Waals surface area contributed by atoms with E-state index < -0.39 is 5.54 Å². The summed E-state index contributed by atoms with van der Waals surface area (Å²) in [6, 6.07) is -0.305. The summed E-state index contributed by atoms with van der Waals surface area (Å²) in [5.41, 5.74) is -0.516. The summed E-state index contributed by atoms with van der Waals surface area (Å²) in [6.07, 6.45) is 6.51. The number of nitrogens with one attached hydrogen (secondary N) is 1. The minimum Gasteiger partial charge on any atom is -0.342 e. The van der Waals surface area contributed by atoms with Crippen LogP contribution in [0.5, 0.6) is 0 Å². The van der Waals surface area contributed by atoms with E-state index in [2.05, 4.69) is 12.2 Å². The van der Waals surface area contributed by atoms with Gasteiger partial charge in [-0.2, -0.15) is 0 Å². The zero-order valence-electron chi connectivity index (χ0n) is 11.5. The maximum Gasteiger partial charge on any atom is 0.246 e. The van der Waals surface area contributed by atoms with Crippen LogP contribution in [0.2, 0.25) is 0 Å². The number of carbonyl (C=O) groups is 2. The van der Waals surface area contributed by atoms with Crippen LogP contribution in [0.15, 0.2) is 0 Å². The van der Waals surface area contributed by atoms with Crippen LogP contribution in [0.1, 0.15) is 58.8 Å². The van der Waals surface area contributed by atoms with Gasteiger partial charge in [-0.3, -0.25) is 9.59 Å². The second-order valence-electron chi connectivity index (χ2n) is 5.52. The van der Waals surface area contributed by atoms with E-state index >= 15 is 0 Å². The average Bonchev–Trinajstić information content (AvgIpc) is 2.84. The predicted octanol–water partition coefficient (Wildman–Crippen LogP) is 1.84. The molecule has 1 spiro atoms. The van der Waals surface area contributed by atoms with Gasteiger partial charge in [-0.15, -0.1) is 0 Å². The number of unbranched alkanes of at least 4 members (excludes halogenated alkanes) is 1. The molecule has 1 atom stereocenters. The third kappa shape index (κ3) is 2.02. The third-order valence-electron chi connectivity index (χ3n) is 4.38. The molecule has 2 rings (SSSR count). The van der Waals surface area contributed by atoms with Gasteiger partial charge in [-0.25, -0.2) is 0 Å². The highest BCUT2D eigenvalue weighted by Gasteiger charge is 2.52. The van der Waals surface area contributed by atoms with E-state index in [1.165, 1.54) is 0 Å². The van der Waals surface area contributed by atoms with Gasteiger partial charge in [0, 0.05) is 6.54 Å². The van der Waals surface area contributed by atoms with Crippen molar-refractivity contribution >= 4 is 11.8 Å². The van der Waals surface area contributed by atoms with Crippen molar-refractivity contribution in [2.24, 2.45) is 0 Å². The van der Waals surface area contributed by atoms with E-state index in [1.54, 1.807) is 0 Å². The van der Waals surface area contributed by atoms with E-state index in [0.29, 0.717) is 6.42 Å². The van der Waals surface area contributed by atoms with Gasteiger partial charge in [0.25, 0.3) is 0 Å². The number of rotatable bonds is 4. The van der Waals surface area contributed by atoms with E-state index in [4.69, 9.17) is 0 Å². The first-order valence-electron chi connectivity index (χ1n) is 7.28. The minimum absolute atomic E-state index is 0.0857. The Morgan fingerprint density at radius 2 is 1.94 bits per heavy atom. The number of carbonyl (C=O) groups excluding carboxylic acids is 2. The normalized spacial score (nSPS) is 26.8. The minimum atomic E-state index is -0.516. The van der Waals surface area contributed by atoms with Crippen molar-refractivity contribution < 1.29 is 9.59 Å². The second-order valence-corrected chi connectivity index (χ2v) is 5.52. The molecule has 0 aromatic carbocycles. The molecule has 102 valence electrons. The van der Waals surface area contributed by atoms with Crippen LogP contribution in [-0.4, -0.2) is 34.8 Å². The molecule has 2 fully saturated rings. The second kappa shape index (κ2) is 5.29. The number of hydrogen-bond donors (Lipinski definition) is 1. The summed E-state index contributed by atoms with van der Waals surface area (Å²) in [5.74, 6) is 0.218. The first-order valence-corrected chi connectivity index (χ1v) is 7.28. The molecule has 0 bridgehead atoms. The van der Waals surface area contributed by atoms with Crippen LogP contribution in [0, 0.1) is 0 Å². The van der Waals surface area contributed by atoms with Crippen LogP contribution in [-0.2, 0) is 9.59 Å². The molecule has 0 aromatic heterocycles. The van der Waals surface area contributed by atoms with Crippen LogP contribution in [0.4, 0.5) is 0 Å². The summed E-state index contributed by atoms with van der Waals surface area (Å²) in [6.45, 7) is 4.81. The first-order chi connectivity index (χ1) is 8.65. The lowest BCUT2D eigenvalue weighted by Crippen LogP contribution is -2.69. The Labute approximate surface area is 109 Å². The molecular weight excluding hydrogens is 228 g/mol. The van der Waals surface area contributed by atoms with Crippen molar-refractivity contribution in [1.29, 1.82) is 0 Å². The number of hydrogen-bond acceptors (Lipinski definition) is 2. The summed E-state index contributed by atoms with van der Waals surface area (Å²) in [4.78, 5) is 26.8. The van der Waals surface area contributed by atoms with Gasteiger partial charge in [0.1, 0.15) is 11.6 Å². The Kier molecular flexibility index (Phi) is 3.93. The van der Waals surface area contributed by atoms with Gasteiger partial charge in [-0.1, -0.05) is 33.1 Å². The van der Waals surface area contributed by atoms with E-state index in [-0.39, 0.29) is 17.9 Å². The molecule has 4 nitrogen and oxygen atoms in total. The molecule has 1 saturated carbocycles. The van der Waals surface area contributed by atoms with Crippen LogP contribution in [0.3, 0.4) is 0 Å². The smallest absolute Gasteiger partial charge is 0.246 e. The fraction of sp³-hybridized carbons (Fsp3) is 0.857. The molecule has 1 unspecified atom stereocenters. The molecule has 1 aliphatic heterocycles. The highest BCUT2D eigenvalue weighted by molar-refractivity contribution is 6.00.